The number of pyridine rings is 1. The highest BCUT2D eigenvalue weighted by atomic mass is 35.5. The molecule has 3 aromatic heterocycles. The first kappa shape index (κ1) is 18.0. The SMILES string of the molecule is COc1c(CNCCn2nc3ccccn3c2=O)c(C)nn1C.Cl. The van der Waals surface area contributed by atoms with Crippen LogP contribution in [-0.2, 0) is 20.1 Å². The molecule has 9 heteroatoms. The highest BCUT2D eigenvalue weighted by Crippen LogP contribution is 2.20. The van der Waals surface area contributed by atoms with Gasteiger partial charge in [0.25, 0.3) is 0 Å². The predicted octanol–water partition coefficient (Wildman–Crippen LogP) is 0.758. The molecule has 0 aliphatic heterocycles. The van der Waals surface area contributed by atoms with Crippen molar-refractivity contribution in [2.24, 2.45) is 7.05 Å². The monoisotopic (exact) mass is 352 g/mol. The van der Waals surface area contributed by atoms with Gasteiger partial charge in [-0.1, -0.05) is 6.07 Å². The molecule has 0 fully saturated rings. The van der Waals surface area contributed by atoms with Crippen molar-refractivity contribution < 1.29 is 4.74 Å². The highest BCUT2D eigenvalue weighted by Gasteiger charge is 2.13. The van der Waals surface area contributed by atoms with Crippen LogP contribution in [0.1, 0.15) is 11.3 Å². The number of hydrogen-bond donors (Lipinski definition) is 1. The fraction of sp³-hybridized carbons (Fsp3) is 0.400. The quantitative estimate of drug-likeness (QED) is 0.663. The van der Waals surface area contributed by atoms with Crippen LogP contribution in [-0.4, -0.2) is 37.6 Å². The molecule has 0 spiro atoms. The van der Waals surface area contributed by atoms with Crippen molar-refractivity contribution in [3.63, 3.8) is 0 Å². The van der Waals surface area contributed by atoms with Gasteiger partial charge in [-0.2, -0.15) is 5.10 Å². The summed E-state index contributed by atoms with van der Waals surface area (Å²) in [5.41, 5.74) is 2.49. The van der Waals surface area contributed by atoms with E-state index in [0.717, 1.165) is 17.1 Å². The number of aryl methyl sites for hydroxylation is 2. The van der Waals surface area contributed by atoms with Crippen molar-refractivity contribution in [2.75, 3.05) is 13.7 Å². The average Bonchev–Trinajstić information content (AvgIpc) is 3.01. The number of nitrogens with one attached hydrogen (secondary N) is 1. The van der Waals surface area contributed by atoms with E-state index in [1.165, 1.54) is 9.08 Å². The van der Waals surface area contributed by atoms with E-state index in [1.807, 2.05) is 32.2 Å². The lowest BCUT2D eigenvalue weighted by Crippen LogP contribution is -2.27. The number of hydrogen-bond acceptors (Lipinski definition) is 5. The van der Waals surface area contributed by atoms with Crippen molar-refractivity contribution in [1.29, 1.82) is 0 Å². The molecule has 1 N–H and O–H groups in total. The van der Waals surface area contributed by atoms with Crippen molar-refractivity contribution in [2.45, 2.75) is 20.0 Å². The van der Waals surface area contributed by atoms with Gasteiger partial charge >= 0.3 is 5.69 Å². The second-order valence-electron chi connectivity index (χ2n) is 5.31. The summed E-state index contributed by atoms with van der Waals surface area (Å²) in [6, 6.07) is 5.49. The van der Waals surface area contributed by atoms with Crippen LogP contribution in [0.5, 0.6) is 5.88 Å². The summed E-state index contributed by atoms with van der Waals surface area (Å²) in [7, 11) is 3.49. The Hall–Kier alpha value is -2.32. The molecule has 0 aliphatic rings. The van der Waals surface area contributed by atoms with Crippen molar-refractivity contribution in [1.82, 2.24) is 29.3 Å². The number of halogens is 1. The minimum Gasteiger partial charge on any atom is -0.481 e. The van der Waals surface area contributed by atoms with Crippen LogP contribution < -0.4 is 15.7 Å². The molecule has 0 unspecified atom stereocenters. The summed E-state index contributed by atoms with van der Waals surface area (Å²) in [6.07, 6.45) is 1.72. The second-order valence-corrected chi connectivity index (χ2v) is 5.31. The largest absolute Gasteiger partial charge is 0.481 e. The van der Waals surface area contributed by atoms with Crippen LogP contribution in [0.4, 0.5) is 0 Å². The normalized spacial score (nSPS) is 10.8. The summed E-state index contributed by atoms with van der Waals surface area (Å²) in [5, 5.41) is 11.9. The van der Waals surface area contributed by atoms with Gasteiger partial charge in [0.1, 0.15) is 0 Å². The summed E-state index contributed by atoms with van der Waals surface area (Å²) in [4.78, 5) is 12.2. The molecule has 3 rings (SSSR count). The molecule has 0 aliphatic carbocycles. The van der Waals surface area contributed by atoms with E-state index in [2.05, 4.69) is 15.5 Å². The van der Waals surface area contributed by atoms with E-state index in [9.17, 15) is 4.79 Å². The molecule has 24 heavy (non-hydrogen) atoms. The fourth-order valence-electron chi connectivity index (χ4n) is 2.65. The summed E-state index contributed by atoms with van der Waals surface area (Å²) >= 11 is 0. The van der Waals surface area contributed by atoms with Crippen LogP contribution in [0.3, 0.4) is 0 Å². The maximum atomic E-state index is 12.2. The van der Waals surface area contributed by atoms with Gasteiger partial charge in [-0.25, -0.2) is 14.2 Å². The number of methoxy groups -OCH3 is 1. The van der Waals surface area contributed by atoms with E-state index in [4.69, 9.17) is 4.74 Å². The smallest absolute Gasteiger partial charge is 0.350 e. The number of aromatic nitrogens is 5. The van der Waals surface area contributed by atoms with Gasteiger partial charge < -0.3 is 10.1 Å². The van der Waals surface area contributed by atoms with Crippen molar-refractivity contribution >= 4 is 18.1 Å². The van der Waals surface area contributed by atoms with Crippen molar-refractivity contribution in [3.8, 4) is 5.88 Å². The molecular formula is C15H21ClN6O2. The van der Waals surface area contributed by atoms with E-state index < -0.39 is 0 Å². The molecule has 130 valence electrons. The lowest BCUT2D eigenvalue weighted by atomic mass is 10.2. The molecule has 0 saturated heterocycles. The lowest BCUT2D eigenvalue weighted by molar-refractivity contribution is 0.367. The Labute approximate surface area is 145 Å². The average molecular weight is 353 g/mol. The molecule has 0 atom stereocenters. The van der Waals surface area contributed by atoms with Gasteiger partial charge in [0.2, 0.25) is 5.88 Å². The zero-order valence-corrected chi connectivity index (χ0v) is 14.7. The van der Waals surface area contributed by atoms with Crippen LogP contribution in [0.2, 0.25) is 0 Å². The third-order valence-electron chi connectivity index (χ3n) is 3.77. The fourth-order valence-corrected chi connectivity index (χ4v) is 2.65. The van der Waals surface area contributed by atoms with Crippen molar-refractivity contribution in [3.05, 3.63) is 46.1 Å². The minimum atomic E-state index is -0.127. The van der Waals surface area contributed by atoms with Crippen LogP contribution in [0.25, 0.3) is 5.65 Å². The van der Waals surface area contributed by atoms with Gasteiger partial charge in [0, 0.05) is 26.3 Å². The van der Waals surface area contributed by atoms with Gasteiger partial charge in [0.15, 0.2) is 5.65 Å². The number of ether oxygens (including phenoxy) is 1. The lowest BCUT2D eigenvalue weighted by Gasteiger charge is -2.06. The van der Waals surface area contributed by atoms with Crippen LogP contribution >= 0.6 is 12.4 Å². The molecule has 0 saturated carbocycles. The third kappa shape index (κ3) is 3.29. The summed E-state index contributed by atoms with van der Waals surface area (Å²) in [5.74, 6) is 0.750. The predicted molar refractivity (Wildman–Crippen MR) is 92.9 cm³/mol. The summed E-state index contributed by atoms with van der Waals surface area (Å²) < 4.78 is 10.1. The molecule has 3 heterocycles. The molecule has 8 nitrogen and oxygen atoms in total. The Morgan fingerprint density at radius 2 is 2.08 bits per heavy atom. The Bertz CT molecular complexity index is 882. The van der Waals surface area contributed by atoms with E-state index in [0.29, 0.717) is 25.3 Å². The maximum Gasteiger partial charge on any atom is 0.350 e. The zero-order chi connectivity index (χ0) is 16.4. The second kappa shape index (κ2) is 7.50. The topological polar surface area (TPSA) is 78.4 Å². The Kier molecular flexibility index (Phi) is 5.63. The zero-order valence-electron chi connectivity index (χ0n) is 13.9. The van der Waals surface area contributed by atoms with Crippen LogP contribution in [0.15, 0.2) is 29.2 Å². The number of fused-ring (bicyclic) bond motifs is 1. The standard InChI is InChI=1S/C15H20N6O2.ClH/c1-11-12(14(23-3)19(2)17-11)10-16-7-9-21-15(22)20-8-5-4-6-13(20)18-21;/h4-6,8,16H,7,9-10H2,1-3H3;1H. The van der Waals surface area contributed by atoms with E-state index in [-0.39, 0.29) is 18.1 Å². The first-order valence-corrected chi connectivity index (χ1v) is 7.43. The van der Waals surface area contributed by atoms with Gasteiger partial charge in [-0.3, -0.25) is 4.40 Å². The number of nitrogens with zero attached hydrogens (tertiary/aromatic N) is 5. The van der Waals surface area contributed by atoms with Crippen LogP contribution in [0, 0.1) is 6.92 Å². The Morgan fingerprint density at radius 1 is 1.29 bits per heavy atom. The number of rotatable bonds is 6. The molecule has 0 aromatic carbocycles. The molecule has 0 amide bonds. The molecule has 3 aromatic rings. The summed E-state index contributed by atoms with van der Waals surface area (Å²) in [6.45, 7) is 3.71. The Balaban J connectivity index is 0.00000208. The molecular weight excluding hydrogens is 332 g/mol. The minimum absolute atomic E-state index is 0. The first-order chi connectivity index (χ1) is 11.1. The van der Waals surface area contributed by atoms with Gasteiger partial charge in [0.05, 0.1) is 24.9 Å². The molecule has 0 bridgehead atoms. The third-order valence-corrected chi connectivity index (χ3v) is 3.77. The molecule has 0 radical (unpaired) electrons. The van der Waals surface area contributed by atoms with Gasteiger partial charge in [-0.15, -0.1) is 17.5 Å². The maximum absolute atomic E-state index is 12.2. The van der Waals surface area contributed by atoms with Gasteiger partial charge in [-0.05, 0) is 19.1 Å². The first-order valence-electron chi connectivity index (χ1n) is 7.43. The highest BCUT2D eigenvalue weighted by molar-refractivity contribution is 5.85. The van der Waals surface area contributed by atoms with E-state index >= 15 is 0 Å². The van der Waals surface area contributed by atoms with E-state index in [1.54, 1.807) is 18.0 Å². The Morgan fingerprint density at radius 3 is 2.79 bits per heavy atom.